The van der Waals surface area contributed by atoms with Gasteiger partial charge in [-0.25, -0.2) is 4.79 Å². The molecule has 5 amide bonds. The van der Waals surface area contributed by atoms with E-state index < -0.39 is 101 Å². The molecule has 1 saturated heterocycles. The summed E-state index contributed by atoms with van der Waals surface area (Å²) in [5, 5.41) is 30.2. The van der Waals surface area contributed by atoms with Gasteiger partial charge in [-0.15, -0.1) is 0 Å². The molecule has 246 valence electrons. The molecule has 1 aromatic rings. The lowest BCUT2D eigenvalue weighted by Gasteiger charge is -2.24. The molecule has 45 heavy (non-hydrogen) atoms. The summed E-state index contributed by atoms with van der Waals surface area (Å²) in [6.07, 6.45) is -0.778. The predicted molar refractivity (Wildman–Crippen MR) is 159 cm³/mol. The summed E-state index contributed by atoms with van der Waals surface area (Å²) in [4.78, 5) is 91.6. The Labute approximate surface area is 259 Å². The number of carboxylic acid groups (broad SMARTS) is 2. The third-order valence-corrected chi connectivity index (χ3v) is 7.51. The number of hydrogen-bond acceptors (Lipinski definition) is 9. The lowest BCUT2D eigenvalue weighted by atomic mass is 10.0. The molecular weight excluding hydrogens is 616 g/mol. The smallest absolute Gasteiger partial charge is 0.327 e. The Morgan fingerprint density at radius 1 is 0.867 bits per heavy atom. The van der Waals surface area contributed by atoms with Gasteiger partial charge in [0.1, 0.15) is 29.9 Å². The second-order valence-electron chi connectivity index (χ2n) is 9.91. The van der Waals surface area contributed by atoms with Gasteiger partial charge in [-0.3, -0.25) is 38.0 Å². The first kappa shape index (κ1) is 36.1. The molecule has 0 aliphatic carbocycles. The first-order valence-corrected chi connectivity index (χ1v) is 15.1. The number of carbonyl (C=O) groups is 7. The number of carboxylic acids is 2. The lowest BCUT2D eigenvalue weighted by molar-refractivity contribution is -0.143. The average Bonchev–Trinajstić information content (AvgIpc) is 2.95. The van der Waals surface area contributed by atoms with E-state index in [0.717, 1.165) is 0 Å². The molecule has 11 N–H and O–H groups in total. The van der Waals surface area contributed by atoms with Gasteiger partial charge in [0, 0.05) is 23.8 Å². The van der Waals surface area contributed by atoms with Gasteiger partial charge in [0.15, 0.2) is 5.96 Å². The summed E-state index contributed by atoms with van der Waals surface area (Å²) in [5.41, 5.74) is 11.3. The molecule has 1 fully saturated rings. The molecule has 5 atom stereocenters. The molecule has 1 unspecified atom stereocenters. The molecule has 0 spiro atoms. The van der Waals surface area contributed by atoms with Crippen LogP contribution in [-0.2, 0) is 50.8 Å². The van der Waals surface area contributed by atoms with Crippen LogP contribution in [0.25, 0.3) is 0 Å². The molecule has 0 radical (unpaired) electrons. The zero-order valence-corrected chi connectivity index (χ0v) is 24.8. The van der Waals surface area contributed by atoms with Crippen molar-refractivity contribution >= 4 is 58.2 Å². The third-order valence-electron chi connectivity index (χ3n) is 6.23. The SMILES string of the molecule is NC(N)=NCCC[C@@H]1NC(=O)[C@H](Cc2ccccc2)NC(=O)CS(=O)C[C@@H](C(=O)O)NC(=O)[C@H](CC(=O)O)NC(=O)CNC1=O. The third kappa shape index (κ3) is 13.4. The van der Waals surface area contributed by atoms with Gasteiger partial charge >= 0.3 is 11.9 Å². The summed E-state index contributed by atoms with van der Waals surface area (Å²) >= 11 is 0. The van der Waals surface area contributed by atoms with Gasteiger partial charge in [-0.2, -0.15) is 0 Å². The molecule has 1 aliphatic rings. The van der Waals surface area contributed by atoms with Crippen molar-refractivity contribution in [3.8, 4) is 0 Å². The molecule has 1 aliphatic heterocycles. The maximum Gasteiger partial charge on any atom is 0.327 e. The van der Waals surface area contributed by atoms with Crippen molar-refractivity contribution in [3.05, 3.63) is 35.9 Å². The molecule has 1 aromatic carbocycles. The van der Waals surface area contributed by atoms with Crippen LogP contribution in [0, 0.1) is 0 Å². The van der Waals surface area contributed by atoms with Crippen LogP contribution in [0.1, 0.15) is 24.8 Å². The average molecular weight is 653 g/mol. The number of guanidine groups is 1. The number of nitrogens with zero attached hydrogens (tertiary/aromatic N) is 1. The topological polar surface area (TPSA) is 302 Å². The van der Waals surface area contributed by atoms with Crippen molar-refractivity contribution in [1.82, 2.24) is 26.6 Å². The standard InChI is InChI=1S/C26H36N8O10S/c27-26(28)29-8-4-7-15-22(39)30-11-19(35)31-17(10-21(37)38)24(41)34-18(25(42)43)12-45(44)13-20(36)32-16(23(40)33-15)9-14-5-2-1-3-6-14/h1-3,5-6,15-18H,4,7-13H2,(H,30,39)(H,31,35)(H,32,36)(H,33,40)(H,34,41)(H,37,38)(H,42,43)(H4,27,28,29)/t15-,16-,17-,18-,45?/m0/s1. The molecule has 0 saturated carbocycles. The second-order valence-corrected chi connectivity index (χ2v) is 11.4. The quantitative estimate of drug-likeness (QED) is 0.0695. The van der Waals surface area contributed by atoms with Gasteiger partial charge in [0.2, 0.25) is 29.5 Å². The van der Waals surface area contributed by atoms with Gasteiger partial charge in [0.25, 0.3) is 0 Å². The van der Waals surface area contributed by atoms with Gasteiger partial charge in [0.05, 0.1) is 18.7 Å². The molecule has 2 rings (SSSR count). The zero-order valence-electron chi connectivity index (χ0n) is 24.0. The van der Waals surface area contributed by atoms with Crippen LogP contribution < -0.4 is 38.1 Å². The first-order chi connectivity index (χ1) is 21.2. The number of nitrogens with two attached hydrogens (primary N) is 2. The Bertz CT molecular complexity index is 1320. The predicted octanol–water partition coefficient (Wildman–Crippen LogP) is -4.34. The van der Waals surface area contributed by atoms with Crippen molar-refractivity contribution in [3.63, 3.8) is 0 Å². The number of amides is 5. The van der Waals surface area contributed by atoms with Gasteiger partial charge in [-0.1, -0.05) is 30.3 Å². The highest BCUT2D eigenvalue weighted by Gasteiger charge is 2.32. The zero-order chi connectivity index (χ0) is 33.5. The highest BCUT2D eigenvalue weighted by molar-refractivity contribution is 7.85. The van der Waals surface area contributed by atoms with Crippen molar-refractivity contribution in [2.24, 2.45) is 16.5 Å². The van der Waals surface area contributed by atoms with Crippen LogP contribution in [0.4, 0.5) is 0 Å². The van der Waals surface area contributed by atoms with Gasteiger partial charge in [-0.05, 0) is 18.4 Å². The Balaban J connectivity index is 2.41. The summed E-state index contributed by atoms with van der Waals surface area (Å²) in [5.74, 6) is -9.55. The Morgan fingerprint density at radius 3 is 2.13 bits per heavy atom. The minimum Gasteiger partial charge on any atom is -0.481 e. The van der Waals surface area contributed by atoms with E-state index in [2.05, 4.69) is 26.3 Å². The van der Waals surface area contributed by atoms with Crippen molar-refractivity contribution in [2.45, 2.75) is 49.9 Å². The van der Waals surface area contributed by atoms with Crippen LogP contribution in [0.5, 0.6) is 0 Å². The van der Waals surface area contributed by atoms with E-state index in [9.17, 15) is 48.0 Å². The largest absolute Gasteiger partial charge is 0.481 e. The van der Waals surface area contributed by atoms with Crippen molar-refractivity contribution in [1.29, 1.82) is 0 Å². The number of rotatable bonds is 9. The summed E-state index contributed by atoms with van der Waals surface area (Å²) in [7, 11) is -2.18. The van der Waals surface area contributed by atoms with E-state index in [1.54, 1.807) is 30.3 Å². The van der Waals surface area contributed by atoms with E-state index in [-0.39, 0.29) is 31.8 Å². The first-order valence-electron chi connectivity index (χ1n) is 13.6. The van der Waals surface area contributed by atoms with E-state index in [4.69, 9.17) is 11.5 Å². The van der Waals surface area contributed by atoms with Crippen LogP contribution in [0.3, 0.4) is 0 Å². The van der Waals surface area contributed by atoms with Crippen LogP contribution in [-0.4, -0.2) is 111 Å². The number of benzene rings is 1. The number of nitrogens with one attached hydrogen (secondary N) is 5. The van der Waals surface area contributed by atoms with Crippen LogP contribution >= 0.6 is 0 Å². The number of aliphatic imine (C=N–C) groups is 1. The molecule has 0 aromatic heterocycles. The molecular formula is C26H36N8O10S. The van der Waals surface area contributed by atoms with E-state index >= 15 is 0 Å². The number of hydrogen-bond donors (Lipinski definition) is 9. The fourth-order valence-electron chi connectivity index (χ4n) is 4.10. The minimum absolute atomic E-state index is 0.00733. The Kier molecular flexibility index (Phi) is 14.4. The highest BCUT2D eigenvalue weighted by atomic mass is 32.2. The monoisotopic (exact) mass is 652 g/mol. The maximum absolute atomic E-state index is 13.4. The molecule has 19 heteroatoms. The normalized spacial score (nSPS) is 23.9. The Morgan fingerprint density at radius 2 is 1.51 bits per heavy atom. The van der Waals surface area contributed by atoms with Crippen molar-refractivity contribution < 1.29 is 48.0 Å². The molecule has 0 bridgehead atoms. The van der Waals surface area contributed by atoms with Gasteiger partial charge < -0.3 is 48.3 Å². The maximum atomic E-state index is 13.4. The fourth-order valence-corrected chi connectivity index (χ4v) is 5.19. The summed E-state index contributed by atoms with van der Waals surface area (Å²) < 4.78 is 12.7. The Hall–Kier alpha value is -5.07. The molecule has 1 heterocycles. The highest BCUT2D eigenvalue weighted by Crippen LogP contribution is 2.07. The molecule has 18 nitrogen and oxygen atoms in total. The van der Waals surface area contributed by atoms with E-state index in [1.165, 1.54) is 0 Å². The summed E-state index contributed by atoms with van der Waals surface area (Å²) in [6.45, 7) is -0.652. The fraction of sp³-hybridized carbons (Fsp3) is 0.462. The summed E-state index contributed by atoms with van der Waals surface area (Å²) in [6, 6.07) is 2.44. The second kappa shape index (κ2) is 17.9. The lowest BCUT2D eigenvalue weighted by Crippen LogP contribution is -2.57. The van der Waals surface area contributed by atoms with E-state index in [1.807, 2.05) is 5.32 Å². The minimum atomic E-state index is -2.18. The number of carbonyl (C=O) groups excluding carboxylic acids is 5. The van der Waals surface area contributed by atoms with Crippen molar-refractivity contribution in [2.75, 3.05) is 24.6 Å². The number of aliphatic carboxylic acids is 2. The van der Waals surface area contributed by atoms with Crippen LogP contribution in [0.2, 0.25) is 0 Å². The van der Waals surface area contributed by atoms with E-state index in [0.29, 0.717) is 5.56 Å². The van der Waals surface area contributed by atoms with Crippen LogP contribution in [0.15, 0.2) is 35.3 Å².